The van der Waals surface area contributed by atoms with Crippen molar-refractivity contribution in [1.82, 2.24) is 4.90 Å². The van der Waals surface area contributed by atoms with E-state index in [0.717, 1.165) is 27.8 Å². The van der Waals surface area contributed by atoms with Gasteiger partial charge in [0.2, 0.25) is 0 Å². The first-order valence-corrected chi connectivity index (χ1v) is 8.14. The van der Waals surface area contributed by atoms with Crippen molar-refractivity contribution in [2.24, 2.45) is 0 Å². The number of nitrogens with zero attached hydrogens (tertiary/aromatic N) is 1. The molecule has 1 N–H and O–H groups in total. The number of aromatic hydroxyl groups is 1. The van der Waals surface area contributed by atoms with Crippen LogP contribution in [0.25, 0.3) is 0 Å². The van der Waals surface area contributed by atoms with Crippen LogP contribution < -0.4 is 0 Å². The average molecular weight is 352 g/mol. The highest BCUT2D eigenvalue weighted by Crippen LogP contribution is 2.33. The Labute approximate surface area is 130 Å². The fourth-order valence-electron chi connectivity index (χ4n) is 2.18. The molecule has 0 radical (unpaired) electrons. The third kappa shape index (κ3) is 2.88. The van der Waals surface area contributed by atoms with Crippen LogP contribution in [0.4, 0.5) is 0 Å². The van der Waals surface area contributed by atoms with Crippen LogP contribution in [0.1, 0.15) is 28.1 Å². The van der Waals surface area contributed by atoms with Crippen LogP contribution in [0.5, 0.6) is 5.75 Å². The van der Waals surface area contributed by atoms with E-state index in [9.17, 15) is 9.90 Å². The number of phenols is 1. The molecule has 1 aliphatic rings. The van der Waals surface area contributed by atoms with E-state index in [0.29, 0.717) is 12.6 Å². The van der Waals surface area contributed by atoms with Gasteiger partial charge in [-0.15, -0.1) is 11.3 Å². The zero-order chi connectivity index (χ0) is 14.1. The molecule has 1 heterocycles. The lowest BCUT2D eigenvalue weighted by Gasteiger charge is -2.22. The standard InChI is InChI=1S/C15H14BrNO2S/c16-13-6-7-20-14(13)15(19)17(11-4-5-11)9-10-2-1-3-12(18)8-10/h1-3,6-8,11,18H,4-5,9H2. The maximum Gasteiger partial charge on any atom is 0.265 e. The van der Waals surface area contributed by atoms with Crippen LogP contribution in [0, 0.1) is 0 Å². The van der Waals surface area contributed by atoms with Gasteiger partial charge in [-0.1, -0.05) is 12.1 Å². The number of carbonyl (C=O) groups is 1. The maximum atomic E-state index is 12.6. The first-order chi connectivity index (χ1) is 9.65. The van der Waals surface area contributed by atoms with Crippen molar-refractivity contribution in [1.29, 1.82) is 0 Å². The van der Waals surface area contributed by atoms with Gasteiger partial charge in [-0.3, -0.25) is 4.79 Å². The monoisotopic (exact) mass is 351 g/mol. The van der Waals surface area contributed by atoms with E-state index in [1.807, 2.05) is 22.4 Å². The van der Waals surface area contributed by atoms with Crippen LogP contribution in [0.15, 0.2) is 40.2 Å². The fourth-order valence-corrected chi connectivity index (χ4v) is 3.68. The number of rotatable bonds is 4. The SMILES string of the molecule is O=C(c1sccc1Br)N(Cc1cccc(O)c1)C1CC1. The zero-order valence-corrected chi connectivity index (χ0v) is 13.2. The van der Waals surface area contributed by atoms with E-state index in [2.05, 4.69) is 15.9 Å². The Kier molecular flexibility index (Phi) is 3.81. The van der Waals surface area contributed by atoms with Gasteiger partial charge >= 0.3 is 0 Å². The second-order valence-corrected chi connectivity index (χ2v) is 6.70. The zero-order valence-electron chi connectivity index (χ0n) is 10.8. The molecular formula is C15H14BrNO2S. The third-order valence-corrected chi connectivity index (χ3v) is 5.15. The van der Waals surface area contributed by atoms with E-state index in [-0.39, 0.29) is 11.7 Å². The summed E-state index contributed by atoms with van der Waals surface area (Å²) in [5.74, 6) is 0.306. The van der Waals surface area contributed by atoms with E-state index >= 15 is 0 Å². The van der Waals surface area contributed by atoms with Crippen LogP contribution >= 0.6 is 27.3 Å². The highest BCUT2D eigenvalue weighted by molar-refractivity contribution is 9.10. The molecule has 20 heavy (non-hydrogen) atoms. The van der Waals surface area contributed by atoms with Crippen molar-refractivity contribution >= 4 is 33.2 Å². The van der Waals surface area contributed by atoms with Gasteiger partial charge in [-0.2, -0.15) is 0 Å². The Hall–Kier alpha value is -1.33. The van der Waals surface area contributed by atoms with Gasteiger partial charge < -0.3 is 10.0 Å². The summed E-state index contributed by atoms with van der Waals surface area (Å²) in [5, 5.41) is 11.5. The summed E-state index contributed by atoms with van der Waals surface area (Å²) < 4.78 is 0.856. The molecule has 0 aliphatic heterocycles. The molecule has 2 aromatic rings. The van der Waals surface area contributed by atoms with Gasteiger partial charge in [-0.05, 0) is 57.9 Å². The minimum atomic E-state index is 0.0673. The Morgan fingerprint density at radius 1 is 1.40 bits per heavy atom. The largest absolute Gasteiger partial charge is 0.508 e. The normalized spacial score (nSPS) is 14.2. The number of phenolic OH excluding ortho intramolecular Hbond substituents is 1. The molecule has 0 saturated heterocycles. The molecule has 0 spiro atoms. The molecule has 1 amide bonds. The molecule has 1 fully saturated rings. The lowest BCUT2D eigenvalue weighted by atomic mass is 10.2. The molecule has 1 saturated carbocycles. The predicted molar refractivity (Wildman–Crippen MR) is 83.0 cm³/mol. The van der Waals surface area contributed by atoms with Crippen LogP contribution in [-0.2, 0) is 6.54 Å². The number of halogens is 1. The van der Waals surface area contributed by atoms with E-state index < -0.39 is 0 Å². The Morgan fingerprint density at radius 2 is 2.20 bits per heavy atom. The summed E-state index contributed by atoms with van der Waals surface area (Å²) in [7, 11) is 0. The minimum absolute atomic E-state index is 0.0673. The van der Waals surface area contributed by atoms with Crippen molar-refractivity contribution in [3.63, 3.8) is 0 Å². The summed E-state index contributed by atoms with van der Waals surface area (Å²) in [5.41, 5.74) is 0.956. The molecular weight excluding hydrogens is 338 g/mol. The summed E-state index contributed by atoms with van der Waals surface area (Å²) in [4.78, 5) is 15.3. The highest BCUT2D eigenvalue weighted by atomic mass is 79.9. The first kappa shape index (κ1) is 13.6. The highest BCUT2D eigenvalue weighted by Gasteiger charge is 2.34. The van der Waals surface area contributed by atoms with Gasteiger partial charge in [-0.25, -0.2) is 0 Å². The molecule has 3 nitrogen and oxygen atoms in total. The number of carbonyl (C=O) groups excluding carboxylic acids is 1. The maximum absolute atomic E-state index is 12.6. The lowest BCUT2D eigenvalue weighted by Crippen LogP contribution is -2.32. The molecule has 0 atom stereocenters. The number of hydrogen-bond donors (Lipinski definition) is 1. The average Bonchev–Trinajstić information content (AvgIpc) is 3.17. The van der Waals surface area contributed by atoms with Crippen molar-refractivity contribution < 1.29 is 9.90 Å². The molecule has 0 bridgehead atoms. The number of benzene rings is 1. The summed E-state index contributed by atoms with van der Waals surface area (Å²) in [6.07, 6.45) is 2.13. The van der Waals surface area contributed by atoms with E-state index in [4.69, 9.17) is 0 Å². The molecule has 1 aromatic carbocycles. The molecule has 104 valence electrons. The summed E-state index contributed by atoms with van der Waals surface area (Å²) in [6.45, 7) is 0.544. The van der Waals surface area contributed by atoms with Gasteiger partial charge in [0.1, 0.15) is 10.6 Å². The molecule has 3 rings (SSSR count). The molecule has 1 aromatic heterocycles. The van der Waals surface area contributed by atoms with Gasteiger partial charge in [0, 0.05) is 17.1 Å². The Bertz CT molecular complexity index is 636. The number of amides is 1. The molecule has 5 heteroatoms. The van der Waals surface area contributed by atoms with Crippen molar-refractivity contribution in [3.8, 4) is 5.75 Å². The predicted octanol–water partition coefficient (Wildman–Crippen LogP) is 4.02. The summed E-state index contributed by atoms with van der Waals surface area (Å²) >= 11 is 4.88. The quantitative estimate of drug-likeness (QED) is 0.903. The first-order valence-electron chi connectivity index (χ1n) is 6.47. The smallest absolute Gasteiger partial charge is 0.265 e. The van der Waals surface area contributed by atoms with Gasteiger partial charge in [0.05, 0.1) is 0 Å². The lowest BCUT2D eigenvalue weighted by molar-refractivity contribution is 0.0734. The van der Waals surface area contributed by atoms with E-state index in [1.54, 1.807) is 18.2 Å². The van der Waals surface area contributed by atoms with Crippen molar-refractivity contribution in [3.05, 3.63) is 50.6 Å². The van der Waals surface area contributed by atoms with E-state index in [1.165, 1.54) is 11.3 Å². The second-order valence-electron chi connectivity index (χ2n) is 4.93. The minimum Gasteiger partial charge on any atom is -0.508 e. The van der Waals surface area contributed by atoms with Crippen molar-refractivity contribution in [2.45, 2.75) is 25.4 Å². The topological polar surface area (TPSA) is 40.5 Å². The van der Waals surface area contributed by atoms with Crippen LogP contribution in [0.3, 0.4) is 0 Å². The van der Waals surface area contributed by atoms with Crippen LogP contribution in [0.2, 0.25) is 0 Å². The van der Waals surface area contributed by atoms with Crippen LogP contribution in [-0.4, -0.2) is 22.0 Å². The van der Waals surface area contributed by atoms with Gasteiger partial charge in [0.25, 0.3) is 5.91 Å². The van der Waals surface area contributed by atoms with Crippen molar-refractivity contribution in [2.75, 3.05) is 0 Å². The Morgan fingerprint density at radius 3 is 2.80 bits per heavy atom. The fraction of sp³-hybridized carbons (Fsp3) is 0.267. The molecule has 0 unspecified atom stereocenters. The van der Waals surface area contributed by atoms with Gasteiger partial charge in [0.15, 0.2) is 0 Å². The third-order valence-electron chi connectivity index (χ3n) is 3.32. The molecule has 1 aliphatic carbocycles. The number of hydrogen-bond acceptors (Lipinski definition) is 3. The Balaban J connectivity index is 1.83. The second kappa shape index (κ2) is 5.58. The number of thiophene rings is 1. The summed E-state index contributed by atoms with van der Waals surface area (Å²) in [6, 6.07) is 9.33.